The third-order valence-corrected chi connectivity index (χ3v) is 9.54. The van der Waals surface area contributed by atoms with E-state index in [4.69, 9.17) is 25.1 Å². The highest BCUT2D eigenvalue weighted by molar-refractivity contribution is 5.80. The molecular formula is C43H37N5O. The molecule has 0 bridgehead atoms. The lowest BCUT2D eigenvalue weighted by molar-refractivity contribution is 0.302. The number of tetrazole rings is 1. The van der Waals surface area contributed by atoms with Crippen LogP contribution in [-0.2, 0) is 31.4 Å². The van der Waals surface area contributed by atoms with Crippen LogP contribution in [0, 0.1) is 0 Å². The van der Waals surface area contributed by atoms with Gasteiger partial charge in [-0.15, -0.1) is 15.0 Å². The van der Waals surface area contributed by atoms with Crippen molar-refractivity contribution in [3.63, 3.8) is 0 Å². The number of ether oxygens (including phenoxy) is 1. The number of aryl methyl sites for hydroxylation is 2. The van der Waals surface area contributed by atoms with Crippen molar-refractivity contribution >= 4 is 0 Å². The highest BCUT2D eigenvalue weighted by Gasteiger charge is 2.41. The third-order valence-electron chi connectivity index (χ3n) is 9.54. The minimum atomic E-state index is -0.835. The standard InChI is InChI=1S/C43H37N5O/c1-2-36-29-41(39-23-14-24-40(39)44-36)49-30-31-25-27-32(28-26-31)37-21-12-13-22-38(37)42-45-47-48(46-42)43(33-15-6-3-7-16-33,34-17-8-4-9-18-34)35-19-10-5-11-20-35/h3-13,15-22,25-29H,2,14,23-24,30H2,1H3. The molecule has 6 nitrogen and oxygen atoms in total. The highest BCUT2D eigenvalue weighted by Crippen LogP contribution is 2.40. The topological polar surface area (TPSA) is 65.7 Å². The van der Waals surface area contributed by atoms with Gasteiger partial charge in [0.2, 0.25) is 5.82 Å². The van der Waals surface area contributed by atoms with Crippen LogP contribution in [0.3, 0.4) is 0 Å². The second-order valence-corrected chi connectivity index (χ2v) is 12.5. The van der Waals surface area contributed by atoms with Crippen LogP contribution >= 0.6 is 0 Å². The summed E-state index contributed by atoms with van der Waals surface area (Å²) in [6, 6.07) is 50.2. The molecule has 0 spiro atoms. The Hall–Kier alpha value is -5.88. The number of fused-ring (bicyclic) bond motifs is 1. The lowest BCUT2D eigenvalue weighted by atomic mass is 9.77. The van der Waals surface area contributed by atoms with E-state index in [-0.39, 0.29) is 0 Å². The molecule has 0 saturated carbocycles. The van der Waals surface area contributed by atoms with Gasteiger partial charge in [0.05, 0.1) is 0 Å². The Balaban J connectivity index is 1.14. The summed E-state index contributed by atoms with van der Waals surface area (Å²) in [7, 11) is 0. The number of rotatable bonds is 10. The molecule has 0 N–H and O–H groups in total. The van der Waals surface area contributed by atoms with Crippen molar-refractivity contribution < 1.29 is 4.74 Å². The smallest absolute Gasteiger partial charge is 0.205 e. The molecule has 0 aliphatic heterocycles. The van der Waals surface area contributed by atoms with Gasteiger partial charge in [-0.1, -0.05) is 146 Å². The molecule has 6 heteroatoms. The fourth-order valence-electron chi connectivity index (χ4n) is 7.09. The SMILES string of the molecule is CCc1cc(OCc2ccc(-c3ccccc3-c3nnn(C(c4ccccc4)(c4ccccc4)c4ccccc4)n3)cc2)c2c(n1)CCC2. The maximum Gasteiger partial charge on any atom is 0.205 e. The van der Waals surface area contributed by atoms with Gasteiger partial charge in [0, 0.05) is 28.6 Å². The summed E-state index contributed by atoms with van der Waals surface area (Å²) >= 11 is 0. The third kappa shape index (κ3) is 5.69. The van der Waals surface area contributed by atoms with Crippen molar-refractivity contribution in [2.24, 2.45) is 0 Å². The number of hydrogen-bond donors (Lipinski definition) is 0. The number of hydrogen-bond acceptors (Lipinski definition) is 5. The fourth-order valence-corrected chi connectivity index (χ4v) is 7.09. The van der Waals surface area contributed by atoms with E-state index in [1.165, 1.54) is 11.3 Å². The molecule has 1 aliphatic carbocycles. The summed E-state index contributed by atoms with van der Waals surface area (Å²) < 4.78 is 6.39. The second-order valence-electron chi connectivity index (χ2n) is 12.5. The van der Waals surface area contributed by atoms with Crippen LogP contribution in [0.1, 0.15) is 52.5 Å². The first-order valence-electron chi connectivity index (χ1n) is 17.0. The Labute approximate surface area is 287 Å². The van der Waals surface area contributed by atoms with Gasteiger partial charge in [-0.05, 0) is 64.3 Å². The lowest BCUT2D eigenvalue weighted by Crippen LogP contribution is -2.39. The van der Waals surface area contributed by atoms with Crippen molar-refractivity contribution in [3.8, 4) is 28.3 Å². The number of benzene rings is 5. The Kier molecular flexibility index (Phi) is 8.28. The van der Waals surface area contributed by atoms with Crippen LogP contribution in [-0.4, -0.2) is 25.2 Å². The van der Waals surface area contributed by atoms with Gasteiger partial charge < -0.3 is 4.74 Å². The normalized spacial score (nSPS) is 12.5. The molecule has 7 aromatic rings. The van der Waals surface area contributed by atoms with E-state index in [1.807, 2.05) is 24.3 Å². The first-order chi connectivity index (χ1) is 24.2. The Morgan fingerprint density at radius 3 is 1.88 bits per heavy atom. The van der Waals surface area contributed by atoms with E-state index >= 15 is 0 Å². The van der Waals surface area contributed by atoms with Crippen molar-refractivity contribution in [1.29, 1.82) is 0 Å². The Bertz CT molecular complexity index is 2080. The van der Waals surface area contributed by atoms with Gasteiger partial charge >= 0.3 is 0 Å². The molecule has 49 heavy (non-hydrogen) atoms. The summed E-state index contributed by atoms with van der Waals surface area (Å²) in [5.41, 5.74) is 10.0. The van der Waals surface area contributed by atoms with Crippen LogP contribution < -0.4 is 4.74 Å². The minimum absolute atomic E-state index is 0.512. The van der Waals surface area contributed by atoms with Crippen LogP contribution in [0.25, 0.3) is 22.5 Å². The molecule has 5 aromatic carbocycles. The van der Waals surface area contributed by atoms with Crippen molar-refractivity contribution in [2.75, 3.05) is 0 Å². The Morgan fingerprint density at radius 2 is 1.27 bits per heavy atom. The first-order valence-corrected chi connectivity index (χ1v) is 17.0. The summed E-state index contributed by atoms with van der Waals surface area (Å²) in [4.78, 5) is 6.61. The van der Waals surface area contributed by atoms with E-state index in [9.17, 15) is 0 Å². The van der Waals surface area contributed by atoms with Gasteiger partial charge in [0.15, 0.2) is 5.54 Å². The van der Waals surface area contributed by atoms with Gasteiger partial charge in [0.25, 0.3) is 0 Å². The van der Waals surface area contributed by atoms with Crippen LogP contribution in [0.2, 0.25) is 0 Å². The maximum atomic E-state index is 6.39. The average molecular weight is 640 g/mol. The van der Waals surface area contributed by atoms with Crippen molar-refractivity contribution in [1.82, 2.24) is 25.2 Å². The zero-order chi connectivity index (χ0) is 33.0. The maximum absolute atomic E-state index is 6.39. The molecule has 2 heterocycles. The van der Waals surface area contributed by atoms with Crippen LogP contribution in [0.4, 0.5) is 0 Å². The summed E-state index contributed by atoms with van der Waals surface area (Å²) in [6.07, 6.45) is 4.14. The molecule has 2 aromatic heterocycles. The molecular weight excluding hydrogens is 603 g/mol. The number of aromatic nitrogens is 5. The molecule has 0 amide bonds. The van der Waals surface area contributed by atoms with Gasteiger partial charge in [0.1, 0.15) is 12.4 Å². The lowest BCUT2D eigenvalue weighted by Gasteiger charge is -2.34. The molecule has 0 unspecified atom stereocenters. The van der Waals surface area contributed by atoms with E-state index < -0.39 is 5.54 Å². The quantitative estimate of drug-likeness (QED) is 0.140. The van der Waals surface area contributed by atoms with Gasteiger partial charge in [-0.2, -0.15) is 0 Å². The van der Waals surface area contributed by atoms with E-state index in [2.05, 4.69) is 128 Å². The summed E-state index contributed by atoms with van der Waals surface area (Å²) in [5, 5.41) is 14.6. The highest BCUT2D eigenvalue weighted by atomic mass is 16.5. The van der Waals surface area contributed by atoms with Crippen LogP contribution in [0.5, 0.6) is 5.75 Å². The van der Waals surface area contributed by atoms with Crippen LogP contribution in [0.15, 0.2) is 146 Å². The van der Waals surface area contributed by atoms with E-state index in [0.29, 0.717) is 12.4 Å². The molecule has 0 saturated heterocycles. The summed E-state index contributed by atoms with van der Waals surface area (Å²) in [6.45, 7) is 2.66. The zero-order valence-electron chi connectivity index (χ0n) is 27.5. The first kappa shape index (κ1) is 30.5. The van der Waals surface area contributed by atoms with Crippen molar-refractivity contribution in [2.45, 2.75) is 44.8 Å². The minimum Gasteiger partial charge on any atom is -0.488 e. The molecule has 0 radical (unpaired) electrons. The zero-order valence-corrected chi connectivity index (χ0v) is 27.5. The van der Waals surface area contributed by atoms with Gasteiger partial charge in [-0.3, -0.25) is 4.98 Å². The molecule has 8 rings (SSSR count). The van der Waals surface area contributed by atoms with Gasteiger partial charge in [-0.25, -0.2) is 0 Å². The average Bonchev–Trinajstić information content (AvgIpc) is 3.87. The fraction of sp³-hybridized carbons (Fsp3) is 0.163. The molecule has 1 aliphatic rings. The predicted octanol–water partition coefficient (Wildman–Crippen LogP) is 8.87. The molecule has 240 valence electrons. The molecule has 0 fully saturated rings. The summed E-state index contributed by atoms with van der Waals surface area (Å²) in [5.74, 6) is 1.55. The number of pyridine rings is 1. The monoisotopic (exact) mass is 639 g/mol. The predicted molar refractivity (Wildman–Crippen MR) is 193 cm³/mol. The largest absolute Gasteiger partial charge is 0.488 e. The molecule has 0 atom stereocenters. The van der Waals surface area contributed by atoms with Crippen molar-refractivity contribution in [3.05, 3.63) is 185 Å². The van der Waals surface area contributed by atoms with E-state index in [0.717, 1.165) is 76.1 Å². The Morgan fingerprint density at radius 1 is 0.673 bits per heavy atom. The number of nitrogens with zero attached hydrogens (tertiary/aromatic N) is 5. The van der Waals surface area contributed by atoms with E-state index in [1.54, 1.807) is 4.80 Å². The second kappa shape index (κ2) is 13.3.